The molecule has 2 rings (SSSR count). The Morgan fingerprint density at radius 3 is 2.30 bits per heavy atom. The lowest BCUT2D eigenvalue weighted by molar-refractivity contribution is -0.00828. The van der Waals surface area contributed by atoms with E-state index in [0.29, 0.717) is 12.0 Å². The van der Waals surface area contributed by atoms with Crippen molar-refractivity contribution in [2.45, 2.75) is 70.4 Å². The first kappa shape index (κ1) is 15.5. The number of aliphatic hydroxyl groups is 1. The van der Waals surface area contributed by atoms with Gasteiger partial charge in [-0.25, -0.2) is 0 Å². The Hall–Kier alpha value is -0.860. The van der Waals surface area contributed by atoms with Crippen LogP contribution >= 0.6 is 0 Å². The van der Waals surface area contributed by atoms with Gasteiger partial charge in [0.2, 0.25) is 0 Å². The molecule has 112 valence electrons. The van der Waals surface area contributed by atoms with E-state index in [9.17, 15) is 5.11 Å². The van der Waals surface area contributed by atoms with Gasteiger partial charge < -0.3 is 10.4 Å². The van der Waals surface area contributed by atoms with Crippen LogP contribution in [0.15, 0.2) is 24.3 Å². The third-order valence-corrected chi connectivity index (χ3v) is 4.61. The quantitative estimate of drug-likeness (QED) is 0.853. The molecular weight excluding hydrogens is 246 g/mol. The molecule has 2 N–H and O–H groups in total. The van der Waals surface area contributed by atoms with Crippen molar-refractivity contribution >= 4 is 0 Å². The molecule has 0 heterocycles. The van der Waals surface area contributed by atoms with Crippen LogP contribution in [0.3, 0.4) is 0 Å². The maximum absolute atomic E-state index is 10.9. The Morgan fingerprint density at radius 2 is 1.80 bits per heavy atom. The number of rotatable bonds is 5. The summed E-state index contributed by atoms with van der Waals surface area (Å²) in [6.07, 6.45) is 5.06. The molecule has 0 radical (unpaired) electrons. The summed E-state index contributed by atoms with van der Waals surface area (Å²) in [7, 11) is 0. The minimum Gasteiger partial charge on any atom is -0.385 e. The lowest BCUT2D eigenvalue weighted by atomic mass is 9.77. The van der Waals surface area contributed by atoms with Gasteiger partial charge in [-0.1, -0.05) is 45.0 Å². The summed E-state index contributed by atoms with van der Waals surface area (Å²) in [5, 5.41) is 14.5. The van der Waals surface area contributed by atoms with Crippen LogP contribution in [-0.4, -0.2) is 17.7 Å². The van der Waals surface area contributed by atoms with Crippen LogP contribution in [0.25, 0.3) is 0 Å². The molecule has 0 unspecified atom stereocenters. The Morgan fingerprint density at radius 1 is 1.20 bits per heavy atom. The topological polar surface area (TPSA) is 32.3 Å². The fourth-order valence-corrected chi connectivity index (χ4v) is 3.11. The Balaban J connectivity index is 1.98. The summed E-state index contributed by atoms with van der Waals surface area (Å²) in [5.41, 5.74) is 1.83. The van der Waals surface area contributed by atoms with Gasteiger partial charge in [-0.05, 0) is 55.7 Å². The van der Waals surface area contributed by atoms with Crippen LogP contribution in [0.5, 0.6) is 0 Å². The van der Waals surface area contributed by atoms with Crippen molar-refractivity contribution in [3.8, 4) is 0 Å². The first-order valence-corrected chi connectivity index (χ1v) is 8.11. The molecule has 1 aliphatic rings. The molecule has 1 aromatic rings. The fraction of sp³-hybridized carbons (Fsp3) is 0.667. The smallest absolute Gasteiger partial charge is 0.0897 e. The van der Waals surface area contributed by atoms with Crippen LogP contribution in [0.4, 0.5) is 0 Å². The predicted molar refractivity (Wildman–Crippen MR) is 85.0 cm³/mol. The third-order valence-electron chi connectivity index (χ3n) is 4.61. The second-order valence-corrected chi connectivity index (χ2v) is 6.54. The van der Waals surface area contributed by atoms with Crippen molar-refractivity contribution in [2.75, 3.05) is 6.54 Å². The summed E-state index contributed by atoms with van der Waals surface area (Å²) in [6.45, 7) is 7.69. The zero-order valence-electron chi connectivity index (χ0n) is 13.2. The second-order valence-electron chi connectivity index (χ2n) is 6.54. The van der Waals surface area contributed by atoms with Gasteiger partial charge in [0.15, 0.2) is 0 Å². The fourth-order valence-electron chi connectivity index (χ4n) is 3.11. The van der Waals surface area contributed by atoms with Gasteiger partial charge in [-0.15, -0.1) is 0 Å². The molecule has 0 bridgehead atoms. The van der Waals surface area contributed by atoms with Gasteiger partial charge in [0.25, 0.3) is 0 Å². The first-order valence-electron chi connectivity index (χ1n) is 8.11. The molecule has 1 saturated carbocycles. The van der Waals surface area contributed by atoms with Gasteiger partial charge in [0.05, 0.1) is 5.60 Å². The highest BCUT2D eigenvalue weighted by atomic mass is 16.3. The minimum absolute atomic E-state index is 0.549. The summed E-state index contributed by atoms with van der Waals surface area (Å²) < 4.78 is 0. The first-order chi connectivity index (χ1) is 9.55. The third kappa shape index (κ3) is 3.62. The molecule has 0 aromatic heterocycles. The monoisotopic (exact) mass is 275 g/mol. The zero-order valence-corrected chi connectivity index (χ0v) is 13.2. The van der Waals surface area contributed by atoms with Crippen molar-refractivity contribution in [1.82, 2.24) is 5.32 Å². The van der Waals surface area contributed by atoms with Crippen LogP contribution in [0, 0.1) is 0 Å². The van der Waals surface area contributed by atoms with Crippen LogP contribution in [-0.2, 0) is 5.60 Å². The van der Waals surface area contributed by atoms with E-state index in [4.69, 9.17) is 0 Å². The van der Waals surface area contributed by atoms with Crippen LogP contribution in [0.1, 0.15) is 69.9 Å². The average molecular weight is 275 g/mol. The van der Waals surface area contributed by atoms with Crippen LogP contribution in [0.2, 0.25) is 0 Å². The van der Waals surface area contributed by atoms with Gasteiger partial charge in [0, 0.05) is 6.04 Å². The summed E-state index contributed by atoms with van der Waals surface area (Å²) in [4.78, 5) is 0. The van der Waals surface area contributed by atoms with E-state index in [0.717, 1.165) is 37.8 Å². The molecule has 0 atom stereocenters. The molecule has 0 spiro atoms. The molecule has 0 saturated heterocycles. The van der Waals surface area contributed by atoms with Gasteiger partial charge in [0.1, 0.15) is 0 Å². The molecule has 2 nitrogen and oxygen atoms in total. The van der Waals surface area contributed by atoms with E-state index < -0.39 is 5.60 Å². The lowest BCUT2D eigenvalue weighted by Gasteiger charge is -2.37. The summed E-state index contributed by atoms with van der Waals surface area (Å²) in [6, 6.07) is 9.16. The van der Waals surface area contributed by atoms with Gasteiger partial charge >= 0.3 is 0 Å². The van der Waals surface area contributed by atoms with E-state index >= 15 is 0 Å². The van der Waals surface area contributed by atoms with E-state index in [1.165, 1.54) is 12.0 Å². The van der Waals surface area contributed by atoms with Crippen molar-refractivity contribution in [1.29, 1.82) is 0 Å². The average Bonchev–Trinajstić information content (AvgIpc) is 2.47. The number of hydrogen-bond donors (Lipinski definition) is 2. The molecular formula is C18H29NO. The van der Waals surface area contributed by atoms with E-state index in [2.05, 4.69) is 50.4 Å². The highest BCUT2D eigenvalue weighted by Crippen LogP contribution is 2.37. The largest absolute Gasteiger partial charge is 0.385 e. The minimum atomic E-state index is -0.611. The van der Waals surface area contributed by atoms with E-state index in [1.807, 2.05) is 0 Å². The van der Waals surface area contributed by atoms with Crippen molar-refractivity contribution in [2.24, 2.45) is 0 Å². The molecule has 1 aromatic carbocycles. The SMILES string of the molecule is CCCNC1CCC(O)(c2ccc(C(C)C)cc2)CC1. The summed E-state index contributed by atoms with van der Waals surface area (Å²) >= 11 is 0. The normalized spacial score (nSPS) is 26.9. The highest BCUT2D eigenvalue weighted by molar-refractivity contribution is 5.29. The number of nitrogens with one attached hydrogen (secondary N) is 1. The zero-order chi connectivity index (χ0) is 14.6. The number of hydrogen-bond acceptors (Lipinski definition) is 2. The van der Waals surface area contributed by atoms with Gasteiger partial charge in [-0.3, -0.25) is 0 Å². The maximum Gasteiger partial charge on any atom is 0.0897 e. The maximum atomic E-state index is 10.9. The molecule has 1 aliphatic carbocycles. The predicted octanol–water partition coefficient (Wildman–Crippen LogP) is 3.94. The molecule has 2 heteroatoms. The highest BCUT2D eigenvalue weighted by Gasteiger charge is 2.34. The van der Waals surface area contributed by atoms with Crippen molar-refractivity contribution in [3.05, 3.63) is 35.4 Å². The second kappa shape index (κ2) is 6.73. The van der Waals surface area contributed by atoms with E-state index in [1.54, 1.807) is 0 Å². The number of benzene rings is 1. The molecule has 1 fully saturated rings. The molecule has 20 heavy (non-hydrogen) atoms. The molecule has 0 aliphatic heterocycles. The van der Waals surface area contributed by atoms with Crippen LogP contribution < -0.4 is 5.32 Å². The standard InChI is InChI=1S/C18H29NO/c1-4-13-19-17-9-11-18(20,12-10-17)16-7-5-15(6-8-16)14(2)3/h5-8,14,17,19-20H,4,9-13H2,1-3H3. The Bertz CT molecular complexity index is 402. The molecule has 0 amide bonds. The lowest BCUT2D eigenvalue weighted by Crippen LogP contribution is -2.40. The van der Waals surface area contributed by atoms with Crippen molar-refractivity contribution in [3.63, 3.8) is 0 Å². The van der Waals surface area contributed by atoms with E-state index in [-0.39, 0.29) is 0 Å². The summed E-state index contributed by atoms with van der Waals surface area (Å²) in [5.74, 6) is 0.549. The van der Waals surface area contributed by atoms with Crippen molar-refractivity contribution < 1.29 is 5.11 Å². The Kier molecular flexibility index (Phi) is 5.22. The van der Waals surface area contributed by atoms with Gasteiger partial charge in [-0.2, -0.15) is 0 Å². The Labute approximate surface area is 123 Å².